The van der Waals surface area contributed by atoms with Gasteiger partial charge in [-0.05, 0) is 40.5 Å². The van der Waals surface area contributed by atoms with Gasteiger partial charge in [-0.25, -0.2) is 14.8 Å². The van der Waals surface area contributed by atoms with Gasteiger partial charge in [0.15, 0.2) is 5.82 Å². The fourth-order valence-electron chi connectivity index (χ4n) is 3.43. The van der Waals surface area contributed by atoms with Crippen LogP contribution < -0.4 is 0 Å². The fraction of sp³-hybridized carbons (Fsp3) is 0.318. The van der Waals surface area contributed by atoms with Crippen molar-refractivity contribution in [1.82, 2.24) is 40.4 Å². The number of aromatic nitrogens is 8. The fourth-order valence-corrected chi connectivity index (χ4v) is 3.43. The van der Waals surface area contributed by atoms with E-state index in [0.29, 0.717) is 24.6 Å². The number of aryl methyl sites for hydroxylation is 1. The van der Waals surface area contributed by atoms with Crippen LogP contribution in [0.5, 0.6) is 0 Å². The Hall–Kier alpha value is -3.75. The van der Waals surface area contributed by atoms with Crippen LogP contribution in [0.4, 0.5) is 0 Å². The Kier molecular flexibility index (Phi) is 6.21. The quantitative estimate of drug-likeness (QED) is 0.415. The lowest BCUT2D eigenvalue weighted by Gasteiger charge is -2.09. The number of nitrogens with zero attached hydrogens (tertiary/aromatic N) is 7. The molecule has 0 saturated carbocycles. The van der Waals surface area contributed by atoms with Gasteiger partial charge in [-0.1, -0.05) is 38.1 Å². The maximum absolute atomic E-state index is 12.2. The lowest BCUT2D eigenvalue weighted by atomic mass is 10.0. The van der Waals surface area contributed by atoms with Crippen molar-refractivity contribution in [2.45, 2.75) is 46.1 Å². The summed E-state index contributed by atoms with van der Waals surface area (Å²) in [4.78, 5) is 21.0. The molecule has 0 aliphatic heterocycles. The molecule has 4 aromatic rings. The number of hydrogen-bond acceptors (Lipinski definition) is 7. The van der Waals surface area contributed by atoms with Crippen LogP contribution >= 0.6 is 0 Å². The molecular formula is C22H24N8O. The highest BCUT2D eigenvalue weighted by Crippen LogP contribution is 2.29. The molecule has 0 unspecified atom stereocenters. The summed E-state index contributed by atoms with van der Waals surface area (Å²) in [5, 5.41) is 18.6. The first-order valence-corrected chi connectivity index (χ1v) is 10.4. The van der Waals surface area contributed by atoms with Crippen molar-refractivity contribution in [2.24, 2.45) is 0 Å². The second-order valence-corrected chi connectivity index (χ2v) is 7.30. The van der Waals surface area contributed by atoms with Gasteiger partial charge >= 0.3 is 0 Å². The third-order valence-electron chi connectivity index (χ3n) is 4.97. The van der Waals surface area contributed by atoms with E-state index in [1.807, 2.05) is 29.8 Å². The van der Waals surface area contributed by atoms with Crippen LogP contribution in [-0.2, 0) is 13.0 Å². The van der Waals surface area contributed by atoms with Gasteiger partial charge < -0.3 is 0 Å². The summed E-state index contributed by atoms with van der Waals surface area (Å²) >= 11 is 0. The highest BCUT2D eigenvalue weighted by molar-refractivity contribution is 5.92. The zero-order valence-electron chi connectivity index (χ0n) is 17.6. The number of rotatable bonds is 9. The molecule has 0 radical (unpaired) electrons. The van der Waals surface area contributed by atoms with Crippen LogP contribution in [-0.4, -0.2) is 46.2 Å². The lowest BCUT2D eigenvalue weighted by molar-refractivity contribution is 0.0971. The Morgan fingerprint density at radius 2 is 1.90 bits per heavy atom. The minimum atomic E-state index is -0.0000335. The Balaban J connectivity index is 1.58. The molecule has 158 valence electrons. The number of H-pyrrole nitrogens is 1. The molecule has 1 N–H and O–H groups in total. The third-order valence-corrected chi connectivity index (χ3v) is 4.97. The van der Waals surface area contributed by atoms with E-state index in [0.717, 1.165) is 47.3 Å². The third kappa shape index (κ3) is 4.55. The summed E-state index contributed by atoms with van der Waals surface area (Å²) in [6.07, 6.45) is 6.51. The van der Waals surface area contributed by atoms with E-state index in [2.05, 4.69) is 54.7 Å². The molecule has 3 heterocycles. The smallest absolute Gasteiger partial charge is 0.217 e. The molecule has 0 amide bonds. The molecule has 0 bridgehead atoms. The number of pyridine rings is 1. The summed E-state index contributed by atoms with van der Waals surface area (Å²) in [6.45, 7) is 4.64. The first-order chi connectivity index (χ1) is 15.2. The molecule has 1 aromatic carbocycles. The van der Waals surface area contributed by atoms with E-state index in [1.165, 1.54) is 0 Å². The van der Waals surface area contributed by atoms with E-state index in [4.69, 9.17) is 0 Å². The van der Waals surface area contributed by atoms with Gasteiger partial charge in [0.1, 0.15) is 5.82 Å². The minimum Gasteiger partial charge on any atom is -0.291 e. The van der Waals surface area contributed by atoms with Crippen LogP contribution in [0.2, 0.25) is 0 Å². The van der Waals surface area contributed by atoms with Crippen molar-refractivity contribution in [3.05, 3.63) is 59.9 Å². The van der Waals surface area contributed by atoms with Gasteiger partial charge in [-0.2, -0.15) is 0 Å². The monoisotopic (exact) mass is 416 g/mol. The van der Waals surface area contributed by atoms with Gasteiger partial charge in [0, 0.05) is 36.4 Å². The number of carbonyl (C=O) groups is 1. The summed E-state index contributed by atoms with van der Waals surface area (Å²) in [6, 6.07) is 10.1. The van der Waals surface area contributed by atoms with E-state index in [9.17, 15) is 4.79 Å². The van der Waals surface area contributed by atoms with Crippen LogP contribution in [0, 0.1) is 0 Å². The normalized spacial score (nSPS) is 11.0. The number of carbonyl (C=O) groups excluding carboxylic acids is 1. The number of hydrogen-bond donors (Lipinski definition) is 1. The predicted octanol–water partition coefficient (Wildman–Crippen LogP) is 3.50. The molecule has 4 rings (SSSR count). The molecule has 0 fully saturated rings. The van der Waals surface area contributed by atoms with Gasteiger partial charge in [-0.3, -0.25) is 9.78 Å². The summed E-state index contributed by atoms with van der Waals surface area (Å²) in [5.74, 6) is 1.76. The molecule has 9 heteroatoms. The van der Waals surface area contributed by atoms with Crippen molar-refractivity contribution in [3.8, 4) is 22.5 Å². The summed E-state index contributed by atoms with van der Waals surface area (Å²) in [7, 11) is 0. The summed E-state index contributed by atoms with van der Waals surface area (Å²) in [5.41, 5.74) is 3.91. The summed E-state index contributed by atoms with van der Waals surface area (Å²) < 4.78 is 1.84. The average molecular weight is 416 g/mol. The lowest BCUT2D eigenvalue weighted by Crippen LogP contribution is -2.07. The second-order valence-electron chi connectivity index (χ2n) is 7.30. The van der Waals surface area contributed by atoms with Gasteiger partial charge in [-0.15, -0.1) is 10.2 Å². The Bertz CT molecular complexity index is 1150. The molecule has 0 aliphatic rings. The zero-order chi connectivity index (χ0) is 21.6. The number of Topliss-reactive ketones (excluding diaryl/α,β-unsaturated/α-hetero) is 1. The van der Waals surface area contributed by atoms with Crippen LogP contribution in [0.25, 0.3) is 22.5 Å². The highest BCUT2D eigenvalue weighted by Gasteiger charge is 2.16. The average Bonchev–Trinajstić information content (AvgIpc) is 3.46. The van der Waals surface area contributed by atoms with Gasteiger partial charge in [0.25, 0.3) is 0 Å². The van der Waals surface area contributed by atoms with Crippen molar-refractivity contribution in [1.29, 1.82) is 0 Å². The Morgan fingerprint density at radius 3 is 2.61 bits per heavy atom. The van der Waals surface area contributed by atoms with Crippen LogP contribution in [0.3, 0.4) is 0 Å². The molecule has 0 aliphatic carbocycles. The van der Waals surface area contributed by atoms with Crippen molar-refractivity contribution in [2.75, 3.05) is 0 Å². The highest BCUT2D eigenvalue weighted by atomic mass is 16.1. The van der Waals surface area contributed by atoms with Crippen LogP contribution in [0.15, 0.2) is 42.7 Å². The number of tetrazole rings is 1. The van der Waals surface area contributed by atoms with Crippen molar-refractivity contribution < 1.29 is 4.79 Å². The molecule has 9 nitrogen and oxygen atoms in total. The maximum Gasteiger partial charge on any atom is 0.217 e. The number of aromatic amines is 1. The minimum absolute atomic E-state index is 0.0000335. The predicted molar refractivity (Wildman–Crippen MR) is 115 cm³/mol. The largest absolute Gasteiger partial charge is 0.291 e. The van der Waals surface area contributed by atoms with E-state index in [1.54, 1.807) is 12.4 Å². The van der Waals surface area contributed by atoms with Gasteiger partial charge in [0.2, 0.25) is 11.6 Å². The van der Waals surface area contributed by atoms with Crippen LogP contribution in [0.1, 0.15) is 55.1 Å². The SMILES string of the molecule is CCCC(=O)c1nc(CCC)n(Cc2ccc(-c3cnccc3-c3nnn[nH]3)cc2)n1. The number of ketones is 1. The molecule has 0 spiro atoms. The number of benzene rings is 1. The molecule has 3 aromatic heterocycles. The van der Waals surface area contributed by atoms with E-state index in [-0.39, 0.29) is 5.78 Å². The standard InChI is InChI=1S/C22H24N8O/c1-3-5-19(31)22-24-20(6-4-2)30(27-22)14-15-7-9-16(10-8-15)18-13-23-12-11-17(18)21-25-28-29-26-21/h7-13H,3-6,14H2,1-2H3,(H,25,26,28,29). The Morgan fingerprint density at radius 1 is 1.06 bits per heavy atom. The van der Waals surface area contributed by atoms with Crippen molar-refractivity contribution in [3.63, 3.8) is 0 Å². The molecule has 31 heavy (non-hydrogen) atoms. The van der Waals surface area contributed by atoms with Gasteiger partial charge in [0.05, 0.1) is 6.54 Å². The number of nitrogens with one attached hydrogen (secondary N) is 1. The second kappa shape index (κ2) is 9.38. The zero-order valence-corrected chi connectivity index (χ0v) is 17.6. The first-order valence-electron chi connectivity index (χ1n) is 10.4. The first kappa shape index (κ1) is 20.5. The van der Waals surface area contributed by atoms with E-state index >= 15 is 0 Å². The molecule has 0 atom stereocenters. The maximum atomic E-state index is 12.2. The van der Waals surface area contributed by atoms with E-state index < -0.39 is 0 Å². The Labute approximate surface area is 180 Å². The molecule has 0 saturated heterocycles. The topological polar surface area (TPSA) is 115 Å². The van der Waals surface area contributed by atoms with Crippen molar-refractivity contribution >= 4 is 5.78 Å². The molecular weight excluding hydrogens is 392 g/mol.